The highest BCUT2D eigenvalue weighted by Gasteiger charge is 2.21. The van der Waals surface area contributed by atoms with Gasteiger partial charge in [-0.2, -0.15) is 0 Å². The summed E-state index contributed by atoms with van der Waals surface area (Å²) in [5.74, 6) is -0.751. The van der Waals surface area contributed by atoms with E-state index in [-0.39, 0.29) is 29.1 Å². The molecule has 1 aromatic rings. The smallest absolute Gasteiger partial charge is 0.364 e. The zero-order valence-electron chi connectivity index (χ0n) is 10.2. The average molecular weight is 287 g/mol. The molecule has 0 aromatic carbocycles. The first-order valence-electron chi connectivity index (χ1n) is 5.15. The van der Waals surface area contributed by atoms with Gasteiger partial charge >= 0.3 is 5.97 Å². The molecule has 1 heterocycles. The highest BCUT2D eigenvalue weighted by molar-refractivity contribution is 6.42. The summed E-state index contributed by atoms with van der Waals surface area (Å²) < 4.78 is 4.79. The molecular weight excluding hydrogens is 276 g/mol. The molecule has 0 bridgehead atoms. The molecule has 0 unspecified atom stereocenters. The normalized spacial score (nSPS) is 10.8. The van der Waals surface area contributed by atoms with E-state index in [1.807, 2.05) is 0 Å². The Morgan fingerprint density at radius 3 is 2.89 bits per heavy atom. The van der Waals surface area contributed by atoms with Gasteiger partial charge in [0.2, 0.25) is 12.1 Å². The molecule has 0 aliphatic rings. The van der Waals surface area contributed by atoms with Gasteiger partial charge < -0.3 is 14.9 Å². The fourth-order valence-electron chi connectivity index (χ4n) is 1.12. The zero-order chi connectivity index (χ0) is 14.3. The molecule has 0 atom stereocenters. The van der Waals surface area contributed by atoms with Crippen LogP contribution < -0.4 is 5.32 Å². The lowest BCUT2D eigenvalue weighted by Crippen LogP contribution is -2.22. The number of aromatic nitrogens is 2. The van der Waals surface area contributed by atoms with Crippen molar-refractivity contribution < 1.29 is 19.2 Å². The fourth-order valence-corrected chi connectivity index (χ4v) is 1.30. The third kappa shape index (κ3) is 4.18. The predicted molar refractivity (Wildman–Crippen MR) is 66.9 cm³/mol. The monoisotopic (exact) mass is 286 g/mol. The standard InChI is InChI=1S/C10H11ClN4O4/c1-3-19-10(17)8(15-18-2)9-13-6(11)4-7(14-9)12-5-16/h4-5H,3H2,1-2H3,(H,12,13,14,16)/b15-8-. The van der Waals surface area contributed by atoms with Crippen molar-refractivity contribution in [3.05, 3.63) is 17.0 Å². The summed E-state index contributed by atoms with van der Waals surface area (Å²) in [4.78, 5) is 34.3. The van der Waals surface area contributed by atoms with Crippen LogP contribution in [0.15, 0.2) is 11.2 Å². The van der Waals surface area contributed by atoms with Crippen molar-refractivity contribution >= 4 is 35.5 Å². The van der Waals surface area contributed by atoms with E-state index < -0.39 is 5.97 Å². The van der Waals surface area contributed by atoms with E-state index in [1.165, 1.54) is 13.2 Å². The van der Waals surface area contributed by atoms with E-state index in [9.17, 15) is 9.59 Å². The van der Waals surface area contributed by atoms with Crippen LogP contribution in [-0.4, -0.2) is 41.8 Å². The number of anilines is 1. The summed E-state index contributed by atoms with van der Waals surface area (Å²) >= 11 is 5.76. The Morgan fingerprint density at radius 1 is 1.58 bits per heavy atom. The number of nitrogens with zero attached hydrogens (tertiary/aromatic N) is 3. The lowest BCUT2D eigenvalue weighted by Gasteiger charge is -2.06. The molecule has 0 aliphatic carbocycles. The van der Waals surface area contributed by atoms with Crippen molar-refractivity contribution in [3.63, 3.8) is 0 Å². The molecule has 102 valence electrons. The number of ether oxygens (including phenoxy) is 1. The number of hydrogen-bond donors (Lipinski definition) is 1. The van der Waals surface area contributed by atoms with E-state index in [4.69, 9.17) is 16.3 Å². The van der Waals surface area contributed by atoms with Crippen LogP contribution in [-0.2, 0) is 19.2 Å². The van der Waals surface area contributed by atoms with E-state index in [0.29, 0.717) is 6.41 Å². The molecule has 0 spiro atoms. The molecule has 9 heteroatoms. The molecule has 0 aliphatic heterocycles. The van der Waals surface area contributed by atoms with Crippen molar-refractivity contribution in [3.8, 4) is 0 Å². The minimum Gasteiger partial charge on any atom is -0.461 e. The first-order valence-corrected chi connectivity index (χ1v) is 5.53. The van der Waals surface area contributed by atoms with Crippen LogP contribution in [0, 0.1) is 0 Å². The first kappa shape index (κ1) is 14.8. The van der Waals surface area contributed by atoms with Gasteiger partial charge in [-0.05, 0) is 6.92 Å². The van der Waals surface area contributed by atoms with Crippen LogP contribution in [0.3, 0.4) is 0 Å². The second-order valence-electron chi connectivity index (χ2n) is 3.00. The van der Waals surface area contributed by atoms with E-state index in [2.05, 4.69) is 25.3 Å². The third-order valence-corrected chi connectivity index (χ3v) is 1.96. The van der Waals surface area contributed by atoms with Gasteiger partial charge in [-0.3, -0.25) is 4.79 Å². The molecule has 1 aromatic heterocycles. The summed E-state index contributed by atoms with van der Waals surface area (Å²) in [5, 5.41) is 5.82. The lowest BCUT2D eigenvalue weighted by atomic mass is 10.3. The Kier molecular flexibility index (Phi) is 5.68. The van der Waals surface area contributed by atoms with Gasteiger partial charge in [-0.25, -0.2) is 14.8 Å². The van der Waals surface area contributed by atoms with Gasteiger partial charge in [0, 0.05) is 6.07 Å². The van der Waals surface area contributed by atoms with Crippen LogP contribution in [0.5, 0.6) is 0 Å². The summed E-state index contributed by atoms with van der Waals surface area (Å²) in [6, 6.07) is 1.31. The number of carbonyl (C=O) groups excluding carboxylic acids is 2. The quantitative estimate of drug-likeness (QED) is 0.270. The molecule has 0 saturated carbocycles. The Labute approximate surface area is 113 Å². The molecule has 0 saturated heterocycles. The van der Waals surface area contributed by atoms with Crippen LogP contribution >= 0.6 is 11.6 Å². The van der Waals surface area contributed by atoms with Gasteiger partial charge in [-0.1, -0.05) is 16.8 Å². The largest absolute Gasteiger partial charge is 0.461 e. The van der Waals surface area contributed by atoms with E-state index in [1.54, 1.807) is 6.92 Å². The van der Waals surface area contributed by atoms with Crippen LogP contribution in [0.1, 0.15) is 12.7 Å². The third-order valence-electron chi connectivity index (χ3n) is 1.76. The van der Waals surface area contributed by atoms with Gasteiger partial charge in [0.25, 0.3) is 0 Å². The first-order chi connectivity index (χ1) is 9.12. The van der Waals surface area contributed by atoms with Gasteiger partial charge in [0.05, 0.1) is 6.61 Å². The van der Waals surface area contributed by atoms with E-state index >= 15 is 0 Å². The number of halogens is 1. The van der Waals surface area contributed by atoms with Gasteiger partial charge in [0.15, 0.2) is 5.82 Å². The lowest BCUT2D eigenvalue weighted by molar-refractivity contribution is -0.135. The summed E-state index contributed by atoms with van der Waals surface area (Å²) in [5.41, 5.74) is -0.249. The Bertz CT molecular complexity index is 506. The number of amides is 1. The number of oxime groups is 1. The Morgan fingerprint density at radius 2 is 2.32 bits per heavy atom. The molecule has 19 heavy (non-hydrogen) atoms. The SMILES string of the molecule is CCOC(=O)/C(=N\OC)c1nc(Cl)cc(NC=O)n1. The molecule has 1 N–H and O–H groups in total. The minimum atomic E-state index is -0.760. The number of rotatable bonds is 6. The van der Waals surface area contributed by atoms with Crippen molar-refractivity contribution in [2.24, 2.45) is 5.16 Å². The fraction of sp³-hybridized carbons (Fsp3) is 0.300. The van der Waals surface area contributed by atoms with Crippen molar-refractivity contribution in [2.75, 3.05) is 19.0 Å². The summed E-state index contributed by atoms with van der Waals surface area (Å²) in [7, 11) is 1.26. The molecular formula is C10H11ClN4O4. The maximum absolute atomic E-state index is 11.7. The number of carbonyl (C=O) groups is 2. The highest BCUT2D eigenvalue weighted by atomic mass is 35.5. The zero-order valence-corrected chi connectivity index (χ0v) is 11.0. The summed E-state index contributed by atoms with van der Waals surface area (Å²) in [6.45, 7) is 1.79. The maximum atomic E-state index is 11.7. The highest BCUT2D eigenvalue weighted by Crippen LogP contribution is 2.12. The summed E-state index contributed by atoms with van der Waals surface area (Å²) in [6.07, 6.45) is 0.417. The number of hydrogen-bond acceptors (Lipinski definition) is 7. The topological polar surface area (TPSA) is 103 Å². The van der Waals surface area contributed by atoms with Crippen LogP contribution in [0.25, 0.3) is 0 Å². The number of nitrogens with one attached hydrogen (secondary N) is 1. The minimum absolute atomic E-state index is 0.0300. The van der Waals surface area contributed by atoms with Crippen molar-refractivity contribution in [1.29, 1.82) is 0 Å². The maximum Gasteiger partial charge on any atom is 0.364 e. The molecule has 1 rings (SSSR count). The second kappa shape index (κ2) is 7.27. The van der Waals surface area contributed by atoms with Crippen LogP contribution in [0.2, 0.25) is 5.15 Å². The predicted octanol–water partition coefficient (Wildman–Crippen LogP) is 0.612. The van der Waals surface area contributed by atoms with Crippen LogP contribution in [0.4, 0.5) is 5.82 Å². The van der Waals surface area contributed by atoms with Gasteiger partial charge in [-0.15, -0.1) is 0 Å². The van der Waals surface area contributed by atoms with Crippen molar-refractivity contribution in [2.45, 2.75) is 6.92 Å². The molecule has 0 radical (unpaired) electrons. The number of esters is 1. The van der Waals surface area contributed by atoms with Gasteiger partial charge in [0.1, 0.15) is 18.1 Å². The molecule has 0 fully saturated rings. The Balaban J connectivity index is 3.19. The second-order valence-corrected chi connectivity index (χ2v) is 3.39. The molecule has 1 amide bonds. The van der Waals surface area contributed by atoms with E-state index in [0.717, 1.165) is 0 Å². The molecule has 8 nitrogen and oxygen atoms in total. The average Bonchev–Trinajstić information content (AvgIpc) is 2.35. The van der Waals surface area contributed by atoms with Crippen molar-refractivity contribution in [1.82, 2.24) is 9.97 Å². The Hall–Kier alpha value is -2.22.